The Hall–Kier alpha value is -1.08. The summed E-state index contributed by atoms with van der Waals surface area (Å²) in [4.78, 5) is 9.91. The Labute approximate surface area is 107 Å². The van der Waals surface area contributed by atoms with Crippen LogP contribution in [0.2, 0.25) is 10.0 Å². The van der Waals surface area contributed by atoms with Crippen LogP contribution in [0.3, 0.4) is 0 Å². The van der Waals surface area contributed by atoms with Crippen molar-refractivity contribution in [3.05, 3.63) is 32.3 Å². The average molecular weight is 281 g/mol. The monoisotopic (exact) mass is 280 g/mol. The SMILES string of the molecule is NCC(O)COc1c(Cl)cc([N+](=O)[O-])cc1Cl. The van der Waals surface area contributed by atoms with Gasteiger partial charge in [-0.25, -0.2) is 0 Å². The zero-order chi connectivity index (χ0) is 13.0. The van der Waals surface area contributed by atoms with Crippen molar-refractivity contribution in [3.63, 3.8) is 0 Å². The predicted molar refractivity (Wildman–Crippen MR) is 63.7 cm³/mol. The molecule has 1 atom stereocenters. The number of rotatable bonds is 5. The van der Waals surface area contributed by atoms with E-state index in [1.807, 2.05) is 0 Å². The van der Waals surface area contributed by atoms with E-state index < -0.39 is 11.0 Å². The Morgan fingerprint density at radius 3 is 2.41 bits per heavy atom. The summed E-state index contributed by atoms with van der Waals surface area (Å²) >= 11 is 11.6. The molecular weight excluding hydrogens is 271 g/mol. The molecule has 8 heteroatoms. The van der Waals surface area contributed by atoms with Gasteiger partial charge in [0.15, 0.2) is 5.75 Å². The van der Waals surface area contributed by atoms with Crippen LogP contribution in [0.1, 0.15) is 0 Å². The van der Waals surface area contributed by atoms with Crippen LogP contribution in [0.4, 0.5) is 5.69 Å². The molecule has 0 saturated carbocycles. The minimum Gasteiger partial charge on any atom is -0.488 e. The fraction of sp³-hybridized carbons (Fsp3) is 0.333. The highest BCUT2D eigenvalue weighted by molar-refractivity contribution is 6.37. The van der Waals surface area contributed by atoms with E-state index in [0.29, 0.717) is 0 Å². The molecule has 0 spiro atoms. The highest BCUT2D eigenvalue weighted by Gasteiger charge is 2.16. The van der Waals surface area contributed by atoms with Gasteiger partial charge in [-0.2, -0.15) is 0 Å². The van der Waals surface area contributed by atoms with Crippen LogP contribution in [0.5, 0.6) is 5.75 Å². The molecule has 0 heterocycles. The Morgan fingerprint density at radius 1 is 1.47 bits per heavy atom. The van der Waals surface area contributed by atoms with Gasteiger partial charge < -0.3 is 15.6 Å². The Balaban J connectivity index is 2.90. The summed E-state index contributed by atoms with van der Waals surface area (Å²) in [6, 6.07) is 2.25. The van der Waals surface area contributed by atoms with Crippen molar-refractivity contribution in [2.24, 2.45) is 5.73 Å². The number of nitro benzene ring substituents is 1. The third kappa shape index (κ3) is 3.71. The highest BCUT2D eigenvalue weighted by Crippen LogP contribution is 2.36. The molecule has 1 aromatic carbocycles. The molecule has 1 aromatic rings. The topological polar surface area (TPSA) is 98.6 Å². The second-order valence-electron chi connectivity index (χ2n) is 3.20. The molecule has 17 heavy (non-hydrogen) atoms. The molecule has 1 rings (SSSR count). The third-order valence-electron chi connectivity index (χ3n) is 1.89. The summed E-state index contributed by atoms with van der Waals surface area (Å²) < 4.78 is 5.14. The van der Waals surface area contributed by atoms with E-state index in [4.69, 9.17) is 33.7 Å². The van der Waals surface area contributed by atoms with Gasteiger partial charge in [-0.3, -0.25) is 10.1 Å². The molecule has 6 nitrogen and oxygen atoms in total. The highest BCUT2D eigenvalue weighted by atomic mass is 35.5. The lowest BCUT2D eigenvalue weighted by Crippen LogP contribution is -2.26. The number of non-ortho nitro benzene ring substituents is 1. The molecule has 94 valence electrons. The number of aliphatic hydroxyl groups excluding tert-OH is 1. The van der Waals surface area contributed by atoms with Crippen LogP contribution in [0.25, 0.3) is 0 Å². The van der Waals surface area contributed by atoms with Crippen molar-refractivity contribution in [2.75, 3.05) is 13.2 Å². The van der Waals surface area contributed by atoms with Gasteiger partial charge in [-0.05, 0) is 0 Å². The number of hydrogen-bond donors (Lipinski definition) is 2. The first-order valence-corrected chi connectivity index (χ1v) is 5.35. The van der Waals surface area contributed by atoms with E-state index in [1.54, 1.807) is 0 Å². The summed E-state index contributed by atoms with van der Waals surface area (Å²) in [6.07, 6.45) is -0.850. The Kier molecular flexibility index (Phi) is 4.95. The van der Waals surface area contributed by atoms with Gasteiger partial charge in [0.2, 0.25) is 0 Å². The smallest absolute Gasteiger partial charge is 0.272 e. The summed E-state index contributed by atoms with van der Waals surface area (Å²) in [7, 11) is 0. The van der Waals surface area contributed by atoms with E-state index in [2.05, 4.69) is 0 Å². The zero-order valence-electron chi connectivity index (χ0n) is 8.60. The minimum atomic E-state index is -0.850. The fourth-order valence-electron chi connectivity index (χ4n) is 1.04. The minimum absolute atomic E-state index is 0.00780. The fourth-order valence-corrected chi connectivity index (χ4v) is 1.62. The molecule has 0 bridgehead atoms. The van der Waals surface area contributed by atoms with E-state index in [9.17, 15) is 15.2 Å². The number of nitrogens with two attached hydrogens (primary N) is 1. The molecule has 3 N–H and O–H groups in total. The van der Waals surface area contributed by atoms with Crippen molar-refractivity contribution in [3.8, 4) is 5.75 Å². The van der Waals surface area contributed by atoms with E-state index in [1.165, 1.54) is 0 Å². The van der Waals surface area contributed by atoms with Gasteiger partial charge in [-0.15, -0.1) is 0 Å². The number of nitrogens with zero attached hydrogens (tertiary/aromatic N) is 1. The molecule has 0 aliphatic carbocycles. The van der Waals surface area contributed by atoms with Crippen LogP contribution in [-0.4, -0.2) is 29.3 Å². The molecule has 1 unspecified atom stereocenters. The van der Waals surface area contributed by atoms with Gasteiger partial charge >= 0.3 is 0 Å². The molecule has 0 radical (unpaired) electrons. The van der Waals surface area contributed by atoms with Gasteiger partial charge in [0, 0.05) is 18.7 Å². The number of nitro groups is 1. The van der Waals surface area contributed by atoms with E-state index in [0.717, 1.165) is 12.1 Å². The Morgan fingerprint density at radius 2 is 2.00 bits per heavy atom. The van der Waals surface area contributed by atoms with Crippen LogP contribution >= 0.6 is 23.2 Å². The summed E-state index contributed by atoms with van der Waals surface area (Å²) in [5.74, 6) is 0.0893. The van der Waals surface area contributed by atoms with E-state index in [-0.39, 0.29) is 34.6 Å². The van der Waals surface area contributed by atoms with Crippen molar-refractivity contribution < 1.29 is 14.8 Å². The zero-order valence-corrected chi connectivity index (χ0v) is 10.1. The quantitative estimate of drug-likeness (QED) is 0.631. The van der Waals surface area contributed by atoms with Crippen molar-refractivity contribution >= 4 is 28.9 Å². The summed E-state index contributed by atoms with van der Waals surface area (Å²) in [6.45, 7) is -0.0596. The maximum Gasteiger partial charge on any atom is 0.272 e. The third-order valence-corrected chi connectivity index (χ3v) is 2.45. The molecule has 0 aliphatic heterocycles. The first-order valence-electron chi connectivity index (χ1n) is 4.60. The van der Waals surface area contributed by atoms with Gasteiger partial charge in [0.25, 0.3) is 5.69 Å². The molecule has 0 amide bonds. The normalized spacial score (nSPS) is 12.2. The lowest BCUT2D eigenvalue weighted by molar-refractivity contribution is -0.384. The lowest BCUT2D eigenvalue weighted by Gasteiger charge is -2.12. The van der Waals surface area contributed by atoms with E-state index >= 15 is 0 Å². The van der Waals surface area contributed by atoms with Crippen LogP contribution in [0, 0.1) is 10.1 Å². The van der Waals surface area contributed by atoms with Gasteiger partial charge in [-0.1, -0.05) is 23.2 Å². The summed E-state index contributed by atoms with van der Waals surface area (Å²) in [5, 5.41) is 19.7. The van der Waals surface area contributed by atoms with Crippen molar-refractivity contribution in [1.82, 2.24) is 0 Å². The lowest BCUT2D eigenvalue weighted by atomic mass is 10.3. The second kappa shape index (κ2) is 6.02. The Bertz CT molecular complexity index is 404. The van der Waals surface area contributed by atoms with Crippen LogP contribution in [-0.2, 0) is 0 Å². The number of aliphatic hydroxyl groups is 1. The number of benzene rings is 1. The molecule has 0 saturated heterocycles. The molecule has 0 aromatic heterocycles. The van der Waals surface area contributed by atoms with Crippen LogP contribution in [0.15, 0.2) is 12.1 Å². The number of halogens is 2. The van der Waals surface area contributed by atoms with Crippen LogP contribution < -0.4 is 10.5 Å². The average Bonchev–Trinajstić information content (AvgIpc) is 2.27. The molecule has 0 aliphatic rings. The number of hydrogen-bond acceptors (Lipinski definition) is 5. The maximum absolute atomic E-state index is 10.5. The predicted octanol–water partition coefficient (Wildman–Crippen LogP) is 1.60. The first kappa shape index (κ1) is 14.0. The largest absolute Gasteiger partial charge is 0.488 e. The first-order chi connectivity index (χ1) is 7.95. The summed E-state index contributed by atoms with van der Waals surface area (Å²) in [5.41, 5.74) is 4.96. The van der Waals surface area contributed by atoms with Crippen molar-refractivity contribution in [1.29, 1.82) is 0 Å². The maximum atomic E-state index is 10.5. The standard InChI is InChI=1S/C9H10Cl2N2O4/c10-7-1-5(13(15)16)2-8(11)9(7)17-4-6(14)3-12/h1-2,6,14H,3-4,12H2. The molecule has 0 fully saturated rings. The van der Waals surface area contributed by atoms with Crippen molar-refractivity contribution in [2.45, 2.75) is 6.10 Å². The molecular formula is C9H10Cl2N2O4. The van der Waals surface area contributed by atoms with Gasteiger partial charge in [0.1, 0.15) is 12.7 Å². The number of ether oxygens (including phenoxy) is 1. The second-order valence-corrected chi connectivity index (χ2v) is 4.01. The van der Waals surface area contributed by atoms with Gasteiger partial charge in [0.05, 0.1) is 15.0 Å².